The summed E-state index contributed by atoms with van der Waals surface area (Å²) >= 11 is 0. The molecule has 3 aliphatic carbocycles. The second-order valence-corrected chi connectivity index (χ2v) is 7.93. The van der Waals surface area contributed by atoms with Gasteiger partial charge in [-0.15, -0.1) is 12.4 Å². The third kappa shape index (κ3) is 4.29. The van der Waals surface area contributed by atoms with Crippen LogP contribution in [0.1, 0.15) is 55.3 Å². The summed E-state index contributed by atoms with van der Waals surface area (Å²) < 4.78 is 5.90. The van der Waals surface area contributed by atoms with E-state index in [4.69, 9.17) is 10.5 Å². The number of nitrogens with one attached hydrogen (secondary N) is 1. The van der Waals surface area contributed by atoms with Gasteiger partial charge >= 0.3 is 0 Å². The first-order chi connectivity index (χ1) is 11.7. The Balaban J connectivity index is 0.00000182. The van der Waals surface area contributed by atoms with Crippen LogP contribution in [0.2, 0.25) is 0 Å². The summed E-state index contributed by atoms with van der Waals surface area (Å²) in [7, 11) is 0. The molecule has 138 valence electrons. The van der Waals surface area contributed by atoms with Crippen molar-refractivity contribution in [2.45, 2.75) is 57.0 Å². The summed E-state index contributed by atoms with van der Waals surface area (Å²) in [6, 6.07) is 8.23. The maximum Gasteiger partial charge on any atom is 0.255 e. The zero-order valence-electron chi connectivity index (χ0n) is 14.7. The smallest absolute Gasteiger partial charge is 0.255 e. The number of para-hydroxylation sites is 1. The Kier molecular flexibility index (Phi) is 5.90. The molecule has 3 saturated carbocycles. The molecule has 3 N–H and O–H groups in total. The lowest BCUT2D eigenvalue weighted by Crippen LogP contribution is -2.53. The van der Waals surface area contributed by atoms with E-state index in [0.717, 1.165) is 25.2 Å². The predicted octanol–water partition coefficient (Wildman–Crippen LogP) is 3.53. The van der Waals surface area contributed by atoms with E-state index in [-0.39, 0.29) is 24.4 Å². The number of amides is 1. The summed E-state index contributed by atoms with van der Waals surface area (Å²) in [5, 5.41) is 3.33. The SMILES string of the molecule is Cl.NC1CC2CCCC(C1)C2NC(=O)c1ccccc1OCC1CC1. The summed E-state index contributed by atoms with van der Waals surface area (Å²) in [5.74, 6) is 2.49. The van der Waals surface area contributed by atoms with Crippen LogP contribution in [0.25, 0.3) is 0 Å². The number of hydrogen-bond donors (Lipinski definition) is 2. The fourth-order valence-electron chi connectivity index (χ4n) is 4.53. The van der Waals surface area contributed by atoms with Gasteiger partial charge in [0.15, 0.2) is 0 Å². The zero-order chi connectivity index (χ0) is 16.5. The number of nitrogens with two attached hydrogens (primary N) is 1. The monoisotopic (exact) mass is 364 g/mol. The Morgan fingerprint density at radius 1 is 1.12 bits per heavy atom. The molecule has 0 saturated heterocycles. The topological polar surface area (TPSA) is 64.3 Å². The van der Waals surface area contributed by atoms with Crippen LogP contribution in [0.3, 0.4) is 0 Å². The van der Waals surface area contributed by atoms with Crippen molar-refractivity contribution in [2.24, 2.45) is 23.5 Å². The molecular formula is C20H29ClN2O2. The highest BCUT2D eigenvalue weighted by molar-refractivity contribution is 5.97. The highest BCUT2D eigenvalue weighted by Crippen LogP contribution is 2.40. The molecule has 1 aromatic rings. The van der Waals surface area contributed by atoms with E-state index >= 15 is 0 Å². The first-order valence-corrected chi connectivity index (χ1v) is 9.49. The predicted molar refractivity (Wildman–Crippen MR) is 101 cm³/mol. The normalized spacial score (nSPS) is 30.9. The van der Waals surface area contributed by atoms with Gasteiger partial charge < -0.3 is 15.8 Å². The van der Waals surface area contributed by atoms with Crippen LogP contribution in [0.5, 0.6) is 5.75 Å². The summed E-state index contributed by atoms with van der Waals surface area (Å²) in [6.07, 6.45) is 8.24. The molecular weight excluding hydrogens is 336 g/mol. The molecule has 0 aromatic heterocycles. The number of ether oxygens (including phenoxy) is 1. The van der Waals surface area contributed by atoms with Crippen molar-refractivity contribution in [3.63, 3.8) is 0 Å². The Labute approximate surface area is 156 Å². The highest BCUT2D eigenvalue weighted by atomic mass is 35.5. The standard InChI is InChI=1S/C20H28N2O2.ClH/c21-16-10-14-4-3-5-15(11-16)19(14)22-20(23)17-6-1-2-7-18(17)24-12-13-8-9-13;/h1-2,6-7,13-16,19H,3-5,8-12,21H2,(H,22,23);1H. The van der Waals surface area contributed by atoms with Crippen molar-refractivity contribution in [3.05, 3.63) is 29.8 Å². The van der Waals surface area contributed by atoms with Gasteiger partial charge in [-0.3, -0.25) is 4.79 Å². The van der Waals surface area contributed by atoms with Crippen LogP contribution >= 0.6 is 12.4 Å². The van der Waals surface area contributed by atoms with Gasteiger partial charge in [0, 0.05) is 12.1 Å². The van der Waals surface area contributed by atoms with Crippen molar-refractivity contribution in [1.82, 2.24) is 5.32 Å². The molecule has 1 amide bonds. The van der Waals surface area contributed by atoms with E-state index in [2.05, 4.69) is 5.32 Å². The molecule has 4 nitrogen and oxygen atoms in total. The molecule has 1 aromatic carbocycles. The third-order valence-corrected chi connectivity index (χ3v) is 5.98. The number of hydrogen-bond acceptors (Lipinski definition) is 3. The second-order valence-electron chi connectivity index (χ2n) is 7.93. The van der Waals surface area contributed by atoms with Crippen molar-refractivity contribution in [1.29, 1.82) is 0 Å². The highest BCUT2D eigenvalue weighted by Gasteiger charge is 2.40. The molecule has 2 bridgehead atoms. The van der Waals surface area contributed by atoms with E-state index in [0.29, 0.717) is 29.4 Å². The second kappa shape index (κ2) is 7.96. The Hall–Kier alpha value is -1.26. The molecule has 3 fully saturated rings. The Morgan fingerprint density at radius 2 is 1.80 bits per heavy atom. The van der Waals surface area contributed by atoms with Gasteiger partial charge in [-0.05, 0) is 68.4 Å². The van der Waals surface area contributed by atoms with Crippen LogP contribution in [-0.4, -0.2) is 24.6 Å². The lowest BCUT2D eigenvalue weighted by Gasteiger charge is -2.45. The Morgan fingerprint density at radius 3 is 2.48 bits per heavy atom. The first kappa shape index (κ1) is 18.5. The number of rotatable bonds is 5. The van der Waals surface area contributed by atoms with Crippen LogP contribution < -0.4 is 15.8 Å². The minimum atomic E-state index is 0. The summed E-state index contributed by atoms with van der Waals surface area (Å²) in [4.78, 5) is 12.9. The molecule has 0 spiro atoms. The molecule has 0 heterocycles. The largest absolute Gasteiger partial charge is 0.492 e. The number of carbonyl (C=O) groups is 1. The van der Waals surface area contributed by atoms with Gasteiger partial charge in [0.1, 0.15) is 5.75 Å². The van der Waals surface area contributed by atoms with E-state index in [1.807, 2.05) is 24.3 Å². The van der Waals surface area contributed by atoms with Crippen LogP contribution in [0.4, 0.5) is 0 Å². The molecule has 0 radical (unpaired) electrons. The molecule has 3 aliphatic rings. The number of carbonyl (C=O) groups excluding carboxylic acids is 1. The molecule has 25 heavy (non-hydrogen) atoms. The van der Waals surface area contributed by atoms with Gasteiger partial charge in [0.05, 0.1) is 12.2 Å². The van der Waals surface area contributed by atoms with Crippen LogP contribution in [0.15, 0.2) is 24.3 Å². The van der Waals surface area contributed by atoms with Gasteiger partial charge in [0.25, 0.3) is 5.91 Å². The third-order valence-electron chi connectivity index (χ3n) is 5.98. The number of halogens is 1. The van der Waals surface area contributed by atoms with Gasteiger partial charge in [-0.2, -0.15) is 0 Å². The average Bonchev–Trinajstić information content (AvgIpc) is 3.38. The Bertz CT molecular complexity index is 591. The van der Waals surface area contributed by atoms with Crippen LogP contribution in [-0.2, 0) is 0 Å². The quantitative estimate of drug-likeness (QED) is 0.840. The fourth-order valence-corrected chi connectivity index (χ4v) is 4.53. The molecule has 2 atom stereocenters. The minimum absolute atomic E-state index is 0. The van der Waals surface area contributed by atoms with E-state index in [1.165, 1.54) is 32.1 Å². The van der Waals surface area contributed by atoms with Gasteiger partial charge in [-0.1, -0.05) is 18.6 Å². The molecule has 5 heteroatoms. The summed E-state index contributed by atoms with van der Waals surface area (Å²) in [5.41, 5.74) is 6.87. The van der Waals surface area contributed by atoms with Crippen molar-refractivity contribution in [2.75, 3.05) is 6.61 Å². The zero-order valence-corrected chi connectivity index (χ0v) is 15.5. The van der Waals surface area contributed by atoms with E-state index in [1.54, 1.807) is 0 Å². The first-order valence-electron chi connectivity index (χ1n) is 9.49. The molecule has 0 aliphatic heterocycles. The van der Waals surface area contributed by atoms with Crippen molar-refractivity contribution in [3.8, 4) is 5.75 Å². The van der Waals surface area contributed by atoms with Crippen LogP contribution in [0, 0.1) is 17.8 Å². The number of benzene rings is 1. The number of fused-ring (bicyclic) bond motifs is 2. The van der Waals surface area contributed by atoms with E-state index in [9.17, 15) is 4.79 Å². The maximum atomic E-state index is 12.9. The van der Waals surface area contributed by atoms with Crippen molar-refractivity contribution >= 4 is 18.3 Å². The average molecular weight is 365 g/mol. The van der Waals surface area contributed by atoms with Crippen molar-refractivity contribution < 1.29 is 9.53 Å². The van der Waals surface area contributed by atoms with E-state index < -0.39 is 0 Å². The fraction of sp³-hybridized carbons (Fsp3) is 0.650. The lowest BCUT2D eigenvalue weighted by atomic mass is 9.67. The minimum Gasteiger partial charge on any atom is -0.492 e. The van der Waals surface area contributed by atoms with Gasteiger partial charge in [-0.25, -0.2) is 0 Å². The maximum absolute atomic E-state index is 12.9. The van der Waals surface area contributed by atoms with Gasteiger partial charge in [0.2, 0.25) is 0 Å². The molecule has 4 rings (SSSR count). The summed E-state index contributed by atoms with van der Waals surface area (Å²) in [6.45, 7) is 0.730. The molecule has 2 unspecified atom stereocenters. The lowest BCUT2D eigenvalue weighted by molar-refractivity contribution is 0.0752.